The largest absolute Gasteiger partial charge is 0.312 e. The van der Waals surface area contributed by atoms with Gasteiger partial charge < -0.3 is 10.2 Å². The van der Waals surface area contributed by atoms with E-state index >= 15 is 0 Å². The lowest BCUT2D eigenvalue weighted by atomic mass is 10.1. The van der Waals surface area contributed by atoms with Crippen molar-refractivity contribution >= 4 is 45.6 Å². The molecule has 4 rings (SSSR count). The number of pyridine rings is 1. The molecule has 0 spiro atoms. The van der Waals surface area contributed by atoms with Gasteiger partial charge in [-0.3, -0.25) is 14.6 Å². The zero-order chi connectivity index (χ0) is 18.8. The van der Waals surface area contributed by atoms with E-state index in [1.807, 2.05) is 23.6 Å². The first kappa shape index (κ1) is 17.6. The monoisotopic (exact) mass is 398 g/mol. The van der Waals surface area contributed by atoms with Crippen LogP contribution in [0.5, 0.6) is 0 Å². The van der Waals surface area contributed by atoms with Gasteiger partial charge in [-0.15, -0.1) is 11.3 Å². The maximum Gasteiger partial charge on any atom is 0.231 e. The predicted molar refractivity (Wildman–Crippen MR) is 106 cm³/mol. The van der Waals surface area contributed by atoms with Crippen LogP contribution in [-0.2, 0) is 9.59 Å². The summed E-state index contributed by atoms with van der Waals surface area (Å²) in [6.45, 7) is 0.338. The number of benzene rings is 1. The molecule has 0 radical (unpaired) electrons. The second kappa shape index (κ2) is 7.46. The highest BCUT2D eigenvalue weighted by Gasteiger charge is 2.35. The number of carbonyl (C=O) groups is 2. The Labute approximate surface area is 164 Å². The van der Waals surface area contributed by atoms with E-state index in [0.29, 0.717) is 22.4 Å². The van der Waals surface area contributed by atoms with Gasteiger partial charge in [0, 0.05) is 35.3 Å². The van der Waals surface area contributed by atoms with Crippen LogP contribution in [0.25, 0.3) is 11.4 Å². The maximum absolute atomic E-state index is 12.6. The molecule has 1 fully saturated rings. The summed E-state index contributed by atoms with van der Waals surface area (Å²) in [6.07, 6.45) is 1.87. The number of rotatable bonds is 4. The molecule has 1 saturated heterocycles. The SMILES string of the molecule is O=C(Nc1nc(-c2ccccn2)cs1)[C@@H]1CC(=O)N(c2ccc(Cl)cc2)C1. The lowest BCUT2D eigenvalue weighted by Gasteiger charge is -2.16. The molecule has 1 N–H and O–H groups in total. The van der Waals surface area contributed by atoms with E-state index in [-0.39, 0.29) is 18.2 Å². The number of nitrogens with zero attached hydrogens (tertiary/aromatic N) is 3. The number of anilines is 2. The topological polar surface area (TPSA) is 75.2 Å². The van der Waals surface area contributed by atoms with Crippen LogP contribution in [0, 0.1) is 5.92 Å². The molecule has 1 aromatic carbocycles. The van der Waals surface area contributed by atoms with Gasteiger partial charge in [0.25, 0.3) is 0 Å². The van der Waals surface area contributed by atoms with Crippen molar-refractivity contribution in [3.05, 3.63) is 59.1 Å². The van der Waals surface area contributed by atoms with Gasteiger partial charge >= 0.3 is 0 Å². The Bertz CT molecular complexity index is 975. The lowest BCUT2D eigenvalue weighted by Crippen LogP contribution is -2.28. The van der Waals surface area contributed by atoms with Crippen LogP contribution in [0.1, 0.15) is 6.42 Å². The van der Waals surface area contributed by atoms with Gasteiger partial charge in [0.15, 0.2) is 5.13 Å². The van der Waals surface area contributed by atoms with Crippen LogP contribution in [0.2, 0.25) is 5.02 Å². The molecule has 3 aromatic rings. The van der Waals surface area contributed by atoms with Crippen molar-refractivity contribution in [2.75, 3.05) is 16.8 Å². The van der Waals surface area contributed by atoms with Gasteiger partial charge in [-0.2, -0.15) is 0 Å². The Morgan fingerprint density at radius 3 is 2.74 bits per heavy atom. The van der Waals surface area contributed by atoms with Crippen molar-refractivity contribution < 1.29 is 9.59 Å². The number of thiazole rings is 1. The molecule has 2 aromatic heterocycles. The summed E-state index contributed by atoms with van der Waals surface area (Å²) in [5.41, 5.74) is 2.20. The van der Waals surface area contributed by atoms with Gasteiger partial charge in [-0.05, 0) is 36.4 Å². The molecule has 0 aliphatic carbocycles. The highest BCUT2D eigenvalue weighted by atomic mass is 35.5. The zero-order valence-electron chi connectivity index (χ0n) is 14.1. The van der Waals surface area contributed by atoms with Crippen molar-refractivity contribution in [1.29, 1.82) is 0 Å². The quantitative estimate of drug-likeness (QED) is 0.724. The Balaban J connectivity index is 1.43. The molecule has 0 saturated carbocycles. The normalized spacial score (nSPS) is 16.6. The summed E-state index contributed by atoms with van der Waals surface area (Å²) < 4.78 is 0. The molecule has 1 atom stereocenters. The minimum Gasteiger partial charge on any atom is -0.312 e. The Morgan fingerprint density at radius 1 is 1.19 bits per heavy atom. The van der Waals surface area contributed by atoms with Crippen LogP contribution in [0.15, 0.2) is 54.0 Å². The molecule has 27 heavy (non-hydrogen) atoms. The van der Waals surface area contributed by atoms with Crippen LogP contribution >= 0.6 is 22.9 Å². The van der Waals surface area contributed by atoms with E-state index in [1.165, 1.54) is 11.3 Å². The third kappa shape index (κ3) is 3.84. The zero-order valence-corrected chi connectivity index (χ0v) is 15.7. The molecule has 1 aliphatic rings. The second-order valence-corrected chi connectivity index (χ2v) is 7.42. The molecule has 136 valence electrons. The molecule has 0 bridgehead atoms. The summed E-state index contributed by atoms with van der Waals surface area (Å²) in [6, 6.07) is 12.6. The average molecular weight is 399 g/mol. The first-order valence-electron chi connectivity index (χ1n) is 8.34. The van der Waals surface area contributed by atoms with Crippen molar-refractivity contribution in [2.45, 2.75) is 6.42 Å². The minimum absolute atomic E-state index is 0.0780. The number of carbonyl (C=O) groups excluding carboxylic acids is 2. The molecule has 1 aliphatic heterocycles. The number of amides is 2. The Morgan fingerprint density at radius 2 is 2.00 bits per heavy atom. The number of aromatic nitrogens is 2. The molecule has 8 heteroatoms. The summed E-state index contributed by atoms with van der Waals surface area (Å²) in [5, 5.41) is 5.76. The van der Waals surface area contributed by atoms with Gasteiger partial charge in [-0.1, -0.05) is 17.7 Å². The standard InChI is InChI=1S/C19H15ClN4O2S/c20-13-4-6-14(7-5-13)24-10-12(9-17(24)25)18(26)23-19-22-16(11-27-19)15-3-1-2-8-21-15/h1-8,11-12H,9-10H2,(H,22,23,26)/t12-/m1/s1. The first-order valence-corrected chi connectivity index (χ1v) is 9.59. The van der Waals surface area contributed by atoms with Crippen LogP contribution in [-0.4, -0.2) is 28.3 Å². The number of nitrogens with one attached hydrogen (secondary N) is 1. The Kier molecular flexibility index (Phi) is 4.87. The molecular formula is C19H15ClN4O2S. The van der Waals surface area contributed by atoms with E-state index in [1.54, 1.807) is 35.4 Å². The highest BCUT2D eigenvalue weighted by molar-refractivity contribution is 7.14. The second-order valence-electron chi connectivity index (χ2n) is 6.12. The van der Waals surface area contributed by atoms with Crippen LogP contribution in [0.4, 0.5) is 10.8 Å². The fraction of sp³-hybridized carbons (Fsp3) is 0.158. The summed E-state index contributed by atoms with van der Waals surface area (Å²) in [4.78, 5) is 35.2. The van der Waals surface area contributed by atoms with Gasteiger partial charge in [0.05, 0.1) is 11.6 Å². The summed E-state index contributed by atoms with van der Waals surface area (Å²) in [5.74, 6) is -0.706. The lowest BCUT2D eigenvalue weighted by molar-refractivity contribution is -0.122. The third-order valence-electron chi connectivity index (χ3n) is 4.30. The maximum atomic E-state index is 12.6. The van der Waals surface area contributed by atoms with E-state index in [2.05, 4.69) is 15.3 Å². The highest BCUT2D eigenvalue weighted by Crippen LogP contribution is 2.28. The summed E-state index contributed by atoms with van der Waals surface area (Å²) >= 11 is 7.23. The van der Waals surface area contributed by atoms with Crippen molar-refractivity contribution in [3.8, 4) is 11.4 Å². The average Bonchev–Trinajstić information content (AvgIpc) is 3.30. The van der Waals surface area contributed by atoms with Crippen molar-refractivity contribution in [1.82, 2.24) is 9.97 Å². The molecular weight excluding hydrogens is 384 g/mol. The Hall–Kier alpha value is -2.77. The first-order chi connectivity index (χ1) is 13.1. The van der Waals surface area contributed by atoms with Crippen molar-refractivity contribution in [2.24, 2.45) is 5.92 Å². The smallest absolute Gasteiger partial charge is 0.231 e. The van der Waals surface area contributed by atoms with Gasteiger partial charge in [0.1, 0.15) is 5.69 Å². The van der Waals surface area contributed by atoms with Gasteiger partial charge in [0.2, 0.25) is 11.8 Å². The van der Waals surface area contributed by atoms with Crippen LogP contribution < -0.4 is 10.2 Å². The fourth-order valence-corrected chi connectivity index (χ4v) is 3.76. The third-order valence-corrected chi connectivity index (χ3v) is 5.31. The molecule has 3 heterocycles. The van der Waals surface area contributed by atoms with Crippen molar-refractivity contribution in [3.63, 3.8) is 0 Å². The van der Waals surface area contributed by atoms with Gasteiger partial charge in [-0.25, -0.2) is 4.98 Å². The van der Waals surface area contributed by atoms with E-state index in [0.717, 1.165) is 11.4 Å². The molecule has 6 nitrogen and oxygen atoms in total. The molecule has 2 amide bonds. The number of hydrogen-bond acceptors (Lipinski definition) is 5. The minimum atomic E-state index is -0.421. The van der Waals surface area contributed by atoms with E-state index in [4.69, 9.17) is 11.6 Å². The summed E-state index contributed by atoms with van der Waals surface area (Å²) in [7, 11) is 0. The predicted octanol–water partition coefficient (Wildman–Crippen LogP) is 3.85. The van der Waals surface area contributed by atoms with E-state index in [9.17, 15) is 9.59 Å². The number of halogens is 1. The molecule has 0 unspecified atom stereocenters. The fourth-order valence-electron chi connectivity index (χ4n) is 2.92. The number of hydrogen-bond donors (Lipinski definition) is 1. The van der Waals surface area contributed by atoms with Crippen LogP contribution in [0.3, 0.4) is 0 Å². The van der Waals surface area contributed by atoms with E-state index < -0.39 is 5.92 Å².